The number of nitrogens with zero attached hydrogens (tertiary/aromatic N) is 2. The summed E-state index contributed by atoms with van der Waals surface area (Å²) < 4.78 is 7.32. The molecule has 0 aliphatic rings. The fraction of sp³-hybridized carbons (Fsp3) is 0.0625. The molecular weight excluding hydrogens is 252 g/mol. The first-order chi connectivity index (χ1) is 9.81. The van der Waals surface area contributed by atoms with Crippen molar-refractivity contribution in [3.05, 3.63) is 72.6 Å². The lowest BCUT2D eigenvalue weighted by molar-refractivity contribution is 0.306. The first-order valence-electron chi connectivity index (χ1n) is 6.32. The second-order valence-corrected chi connectivity index (χ2v) is 4.41. The van der Waals surface area contributed by atoms with Crippen molar-refractivity contribution in [3.63, 3.8) is 0 Å². The number of hydrogen-bond acceptors (Lipinski definition) is 3. The fourth-order valence-corrected chi connectivity index (χ4v) is 1.89. The molecule has 20 heavy (non-hydrogen) atoms. The van der Waals surface area contributed by atoms with Crippen LogP contribution in [0.15, 0.2) is 67.0 Å². The Balaban J connectivity index is 1.67. The maximum absolute atomic E-state index is 9.27. The Morgan fingerprint density at radius 1 is 1.00 bits per heavy atom. The van der Waals surface area contributed by atoms with Crippen molar-refractivity contribution in [2.24, 2.45) is 0 Å². The highest BCUT2D eigenvalue weighted by Crippen LogP contribution is 2.17. The Morgan fingerprint density at radius 3 is 2.40 bits per heavy atom. The molecule has 100 valence electrons. The van der Waals surface area contributed by atoms with Crippen LogP contribution in [-0.2, 0) is 6.61 Å². The highest BCUT2D eigenvalue weighted by atomic mass is 16.5. The summed E-state index contributed by atoms with van der Waals surface area (Å²) in [4.78, 5) is 0. The van der Waals surface area contributed by atoms with E-state index < -0.39 is 0 Å². The van der Waals surface area contributed by atoms with Crippen molar-refractivity contribution < 1.29 is 9.84 Å². The van der Waals surface area contributed by atoms with Gasteiger partial charge in [-0.3, -0.25) is 0 Å². The Morgan fingerprint density at radius 2 is 1.75 bits per heavy atom. The van der Waals surface area contributed by atoms with Crippen LogP contribution in [0.1, 0.15) is 5.56 Å². The van der Waals surface area contributed by atoms with Gasteiger partial charge in [0.25, 0.3) is 0 Å². The van der Waals surface area contributed by atoms with E-state index >= 15 is 0 Å². The lowest BCUT2D eigenvalue weighted by Gasteiger charge is -2.07. The predicted molar refractivity (Wildman–Crippen MR) is 76.0 cm³/mol. The number of aromatic hydroxyl groups is 1. The van der Waals surface area contributed by atoms with Crippen molar-refractivity contribution in [2.45, 2.75) is 6.61 Å². The van der Waals surface area contributed by atoms with Crippen LogP contribution in [0.3, 0.4) is 0 Å². The van der Waals surface area contributed by atoms with Crippen LogP contribution in [0.25, 0.3) is 5.69 Å². The summed E-state index contributed by atoms with van der Waals surface area (Å²) in [5.74, 6) is 0.948. The largest absolute Gasteiger partial charge is 0.505 e. The van der Waals surface area contributed by atoms with Gasteiger partial charge >= 0.3 is 0 Å². The highest BCUT2D eigenvalue weighted by Gasteiger charge is 2.00. The molecule has 0 radical (unpaired) electrons. The van der Waals surface area contributed by atoms with E-state index in [2.05, 4.69) is 5.10 Å². The van der Waals surface area contributed by atoms with E-state index in [1.165, 1.54) is 6.20 Å². The molecule has 0 fully saturated rings. The molecule has 1 N–H and O–H groups in total. The summed E-state index contributed by atoms with van der Waals surface area (Å²) >= 11 is 0. The molecule has 0 amide bonds. The Kier molecular flexibility index (Phi) is 3.37. The lowest BCUT2D eigenvalue weighted by Crippen LogP contribution is -1.96. The molecule has 3 rings (SSSR count). The molecule has 1 aromatic heterocycles. The average molecular weight is 266 g/mol. The number of hydrogen-bond donors (Lipinski definition) is 1. The summed E-state index contributed by atoms with van der Waals surface area (Å²) in [6.45, 7) is 0.544. The van der Waals surface area contributed by atoms with Gasteiger partial charge in [0.15, 0.2) is 5.75 Å². The maximum atomic E-state index is 9.27. The van der Waals surface area contributed by atoms with Gasteiger partial charge in [0, 0.05) is 0 Å². The maximum Gasteiger partial charge on any atom is 0.153 e. The van der Waals surface area contributed by atoms with Crippen LogP contribution in [0, 0.1) is 0 Å². The van der Waals surface area contributed by atoms with Gasteiger partial charge < -0.3 is 9.84 Å². The van der Waals surface area contributed by atoms with Gasteiger partial charge in [-0.25, -0.2) is 4.68 Å². The third kappa shape index (κ3) is 2.80. The van der Waals surface area contributed by atoms with Gasteiger partial charge in [-0.15, -0.1) is 0 Å². The van der Waals surface area contributed by atoms with E-state index in [0.717, 1.165) is 17.0 Å². The molecule has 0 saturated heterocycles. The normalized spacial score (nSPS) is 10.4. The molecule has 0 aliphatic heterocycles. The molecule has 1 heterocycles. The number of aromatic nitrogens is 2. The van der Waals surface area contributed by atoms with Crippen molar-refractivity contribution in [1.82, 2.24) is 9.78 Å². The molecule has 4 heteroatoms. The van der Waals surface area contributed by atoms with Gasteiger partial charge in [0.05, 0.1) is 18.1 Å². The number of benzene rings is 2. The predicted octanol–water partition coefficient (Wildman–Crippen LogP) is 3.16. The zero-order chi connectivity index (χ0) is 13.8. The third-order valence-corrected chi connectivity index (χ3v) is 2.92. The number of ether oxygens (including phenoxy) is 1. The van der Waals surface area contributed by atoms with E-state index in [1.54, 1.807) is 10.9 Å². The first-order valence-corrected chi connectivity index (χ1v) is 6.32. The third-order valence-electron chi connectivity index (χ3n) is 2.92. The molecular formula is C16H14N2O2. The van der Waals surface area contributed by atoms with Gasteiger partial charge in [-0.2, -0.15) is 5.10 Å². The fourth-order valence-electron chi connectivity index (χ4n) is 1.89. The second kappa shape index (κ2) is 5.48. The van der Waals surface area contributed by atoms with E-state index in [1.807, 2.05) is 54.6 Å². The summed E-state index contributed by atoms with van der Waals surface area (Å²) in [5.41, 5.74) is 2.01. The standard InChI is InChI=1S/C16H14N2O2/c19-15-10-17-18(11-15)14-6-8-16(9-7-14)20-12-13-4-2-1-3-5-13/h1-11,19H,12H2. The summed E-state index contributed by atoms with van der Waals surface area (Å²) in [6, 6.07) is 17.6. The van der Waals surface area contributed by atoms with E-state index in [9.17, 15) is 5.11 Å². The van der Waals surface area contributed by atoms with Crippen molar-refractivity contribution in [3.8, 4) is 17.2 Å². The molecule has 0 atom stereocenters. The summed E-state index contributed by atoms with van der Waals surface area (Å²) in [7, 11) is 0. The van der Waals surface area contributed by atoms with E-state index in [0.29, 0.717) is 6.61 Å². The Labute approximate surface area is 116 Å². The van der Waals surface area contributed by atoms with Crippen molar-refractivity contribution in [2.75, 3.05) is 0 Å². The van der Waals surface area contributed by atoms with Crippen molar-refractivity contribution >= 4 is 0 Å². The topological polar surface area (TPSA) is 47.3 Å². The molecule has 0 bridgehead atoms. The minimum absolute atomic E-state index is 0.148. The van der Waals surface area contributed by atoms with Crippen LogP contribution >= 0.6 is 0 Å². The minimum atomic E-state index is 0.148. The Bertz CT molecular complexity index is 675. The van der Waals surface area contributed by atoms with Crippen LogP contribution in [0.2, 0.25) is 0 Å². The molecule has 0 saturated carbocycles. The Hall–Kier alpha value is -2.75. The van der Waals surface area contributed by atoms with Crippen LogP contribution in [0.4, 0.5) is 0 Å². The first kappa shape index (κ1) is 12.3. The number of rotatable bonds is 4. The highest BCUT2D eigenvalue weighted by molar-refractivity contribution is 5.37. The van der Waals surface area contributed by atoms with Gasteiger partial charge in [-0.05, 0) is 29.8 Å². The zero-order valence-electron chi connectivity index (χ0n) is 10.8. The van der Waals surface area contributed by atoms with Gasteiger partial charge in [0.2, 0.25) is 0 Å². The van der Waals surface area contributed by atoms with Crippen molar-refractivity contribution in [1.29, 1.82) is 0 Å². The summed E-state index contributed by atoms with van der Waals surface area (Å²) in [6.07, 6.45) is 2.96. The molecule has 0 unspecified atom stereocenters. The molecule has 2 aromatic carbocycles. The van der Waals surface area contributed by atoms with Crippen LogP contribution in [-0.4, -0.2) is 14.9 Å². The molecule has 0 spiro atoms. The van der Waals surface area contributed by atoms with Crippen LogP contribution in [0.5, 0.6) is 11.5 Å². The minimum Gasteiger partial charge on any atom is -0.505 e. The SMILES string of the molecule is Oc1cnn(-c2ccc(OCc3ccccc3)cc2)c1. The summed E-state index contributed by atoms with van der Waals surface area (Å²) in [5, 5.41) is 13.3. The smallest absolute Gasteiger partial charge is 0.153 e. The average Bonchev–Trinajstić information content (AvgIpc) is 2.93. The lowest BCUT2D eigenvalue weighted by atomic mass is 10.2. The van der Waals surface area contributed by atoms with Gasteiger partial charge in [-0.1, -0.05) is 30.3 Å². The molecule has 4 nitrogen and oxygen atoms in total. The molecule has 3 aromatic rings. The van der Waals surface area contributed by atoms with E-state index in [4.69, 9.17) is 4.74 Å². The monoisotopic (exact) mass is 266 g/mol. The molecule has 0 aliphatic carbocycles. The quantitative estimate of drug-likeness (QED) is 0.789. The second-order valence-electron chi connectivity index (χ2n) is 4.41. The zero-order valence-corrected chi connectivity index (χ0v) is 10.8. The van der Waals surface area contributed by atoms with Gasteiger partial charge in [0.1, 0.15) is 12.4 Å². The van der Waals surface area contributed by atoms with E-state index in [-0.39, 0.29) is 5.75 Å². The van der Waals surface area contributed by atoms with Crippen LogP contribution < -0.4 is 4.74 Å².